The van der Waals surface area contributed by atoms with E-state index in [-0.39, 0.29) is 6.61 Å². The highest BCUT2D eigenvalue weighted by molar-refractivity contribution is 5.43. The summed E-state index contributed by atoms with van der Waals surface area (Å²) in [4.78, 5) is 0. The minimum atomic E-state index is 0.215. The molecule has 0 aromatic heterocycles. The number of benzene rings is 1. The van der Waals surface area contributed by atoms with E-state index in [9.17, 15) is 0 Å². The fourth-order valence-electron chi connectivity index (χ4n) is 1.89. The number of unbranched alkanes of at least 4 members (excludes halogenated alkanes) is 1. The molecule has 19 heavy (non-hydrogen) atoms. The molecule has 0 amide bonds. The lowest BCUT2D eigenvalue weighted by atomic mass is 10.2. The first-order valence-corrected chi connectivity index (χ1v) is 6.97. The Balaban J connectivity index is 1.86. The number of aliphatic hydroxyl groups excluding tert-OH is 1. The summed E-state index contributed by atoms with van der Waals surface area (Å²) in [6, 6.07) is 6.76. The molecule has 4 nitrogen and oxygen atoms in total. The van der Waals surface area contributed by atoms with Gasteiger partial charge in [-0.05, 0) is 43.4 Å². The van der Waals surface area contributed by atoms with Gasteiger partial charge in [-0.2, -0.15) is 0 Å². The number of aliphatic hydroxyl groups is 1. The van der Waals surface area contributed by atoms with Gasteiger partial charge in [-0.25, -0.2) is 0 Å². The van der Waals surface area contributed by atoms with Gasteiger partial charge >= 0.3 is 0 Å². The van der Waals surface area contributed by atoms with Crippen molar-refractivity contribution in [3.8, 4) is 11.5 Å². The standard InChI is InChI=1S/C15H23NO3/c1-18-15-10-12(11-16-13-5-6-13)4-7-14(15)19-9-3-2-8-17/h4,7,10,13,16-17H,2-3,5-6,8-9,11H2,1H3. The van der Waals surface area contributed by atoms with E-state index >= 15 is 0 Å². The summed E-state index contributed by atoms with van der Waals surface area (Å²) in [7, 11) is 1.66. The van der Waals surface area contributed by atoms with Gasteiger partial charge in [-0.15, -0.1) is 0 Å². The fourth-order valence-corrected chi connectivity index (χ4v) is 1.89. The summed E-state index contributed by atoms with van der Waals surface area (Å²) >= 11 is 0. The molecular formula is C15H23NO3. The molecule has 1 aliphatic rings. The average molecular weight is 265 g/mol. The first-order valence-electron chi connectivity index (χ1n) is 6.97. The van der Waals surface area contributed by atoms with Crippen molar-refractivity contribution in [3.05, 3.63) is 23.8 Å². The molecule has 1 aromatic carbocycles. The maximum absolute atomic E-state index is 8.72. The minimum absolute atomic E-state index is 0.215. The molecule has 0 spiro atoms. The van der Waals surface area contributed by atoms with Gasteiger partial charge in [-0.1, -0.05) is 6.07 Å². The van der Waals surface area contributed by atoms with Gasteiger partial charge in [0.15, 0.2) is 11.5 Å². The van der Waals surface area contributed by atoms with E-state index in [1.165, 1.54) is 18.4 Å². The molecule has 0 atom stereocenters. The van der Waals surface area contributed by atoms with Crippen LogP contribution >= 0.6 is 0 Å². The number of hydrogen-bond acceptors (Lipinski definition) is 4. The van der Waals surface area contributed by atoms with Crippen molar-refractivity contribution in [2.45, 2.75) is 38.3 Å². The maximum Gasteiger partial charge on any atom is 0.161 e. The smallest absolute Gasteiger partial charge is 0.161 e. The fraction of sp³-hybridized carbons (Fsp3) is 0.600. The summed E-state index contributed by atoms with van der Waals surface area (Å²) in [6.07, 6.45) is 4.21. The van der Waals surface area contributed by atoms with Gasteiger partial charge in [0, 0.05) is 19.2 Å². The summed E-state index contributed by atoms with van der Waals surface area (Å²) < 4.78 is 11.0. The van der Waals surface area contributed by atoms with Crippen LogP contribution in [0.4, 0.5) is 0 Å². The van der Waals surface area contributed by atoms with Crippen LogP contribution in [0, 0.1) is 0 Å². The Morgan fingerprint density at radius 1 is 1.26 bits per heavy atom. The monoisotopic (exact) mass is 265 g/mol. The number of rotatable bonds is 9. The third-order valence-corrected chi connectivity index (χ3v) is 3.21. The first kappa shape index (κ1) is 14.2. The minimum Gasteiger partial charge on any atom is -0.493 e. The second-order valence-corrected chi connectivity index (χ2v) is 4.92. The molecule has 0 unspecified atom stereocenters. The molecule has 2 rings (SSSR count). The van der Waals surface area contributed by atoms with E-state index in [1.807, 2.05) is 12.1 Å². The lowest BCUT2D eigenvalue weighted by Gasteiger charge is -2.12. The summed E-state index contributed by atoms with van der Waals surface area (Å²) in [5.74, 6) is 1.55. The quantitative estimate of drug-likeness (QED) is 0.671. The zero-order chi connectivity index (χ0) is 13.5. The summed E-state index contributed by atoms with van der Waals surface area (Å²) in [6.45, 7) is 1.70. The topological polar surface area (TPSA) is 50.7 Å². The Morgan fingerprint density at radius 3 is 2.79 bits per heavy atom. The van der Waals surface area contributed by atoms with Crippen molar-refractivity contribution >= 4 is 0 Å². The van der Waals surface area contributed by atoms with Gasteiger partial charge < -0.3 is 19.9 Å². The highest BCUT2D eigenvalue weighted by atomic mass is 16.5. The highest BCUT2D eigenvalue weighted by Gasteiger charge is 2.20. The van der Waals surface area contributed by atoms with E-state index in [2.05, 4.69) is 11.4 Å². The summed E-state index contributed by atoms with van der Waals surface area (Å²) in [5.41, 5.74) is 1.21. The van der Waals surface area contributed by atoms with E-state index in [0.29, 0.717) is 12.6 Å². The lowest BCUT2D eigenvalue weighted by Crippen LogP contribution is -2.15. The molecule has 0 saturated heterocycles. The van der Waals surface area contributed by atoms with Crippen LogP contribution in [0.3, 0.4) is 0 Å². The largest absolute Gasteiger partial charge is 0.493 e. The molecule has 1 fully saturated rings. The van der Waals surface area contributed by atoms with Crippen molar-refractivity contribution in [2.75, 3.05) is 20.3 Å². The van der Waals surface area contributed by atoms with Crippen molar-refractivity contribution < 1.29 is 14.6 Å². The van der Waals surface area contributed by atoms with Crippen LogP contribution in [0.2, 0.25) is 0 Å². The third-order valence-electron chi connectivity index (χ3n) is 3.21. The molecule has 4 heteroatoms. The van der Waals surface area contributed by atoms with Crippen molar-refractivity contribution in [1.29, 1.82) is 0 Å². The number of ether oxygens (including phenoxy) is 2. The molecule has 1 saturated carbocycles. The zero-order valence-corrected chi connectivity index (χ0v) is 11.5. The Labute approximate surface area is 114 Å². The molecule has 1 aromatic rings. The molecule has 106 valence electrons. The predicted molar refractivity (Wildman–Crippen MR) is 74.7 cm³/mol. The maximum atomic E-state index is 8.72. The normalized spacial score (nSPS) is 14.4. The van der Waals surface area contributed by atoms with Crippen LogP contribution in [0.1, 0.15) is 31.2 Å². The zero-order valence-electron chi connectivity index (χ0n) is 11.5. The van der Waals surface area contributed by atoms with Gasteiger partial charge in [0.05, 0.1) is 13.7 Å². The first-order chi connectivity index (χ1) is 9.33. The lowest BCUT2D eigenvalue weighted by molar-refractivity contribution is 0.247. The summed E-state index contributed by atoms with van der Waals surface area (Å²) in [5, 5.41) is 12.2. The van der Waals surface area contributed by atoms with E-state index in [4.69, 9.17) is 14.6 Å². The number of hydrogen-bond donors (Lipinski definition) is 2. The molecule has 0 heterocycles. The Morgan fingerprint density at radius 2 is 2.11 bits per heavy atom. The SMILES string of the molecule is COc1cc(CNC2CC2)ccc1OCCCCO. The van der Waals surface area contributed by atoms with Crippen LogP contribution in [0.5, 0.6) is 11.5 Å². The molecule has 0 bridgehead atoms. The van der Waals surface area contributed by atoms with Gasteiger partial charge in [-0.3, -0.25) is 0 Å². The van der Waals surface area contributed by atoms with Crippen LogP contribution in [0.25, 0.3) is 0 Å². The molecule has 0 aliphatic heterocycles. The predicted octanol–water partition coefficient (Wildman–Crippen LogP) is 2.10. The van der Waals surface area contributed by atoms with Crippen LogP contribution in [-0.2, 0) is 6.54 Å². The number of methoxy groups -OCH3 is 1. The van der Waals surface area contributed by atoms with E-state index < -0.39 is 0 Å². The van der Waals surface area contributed by atoms with Crippen molar-refractivity contribution in [3.63, 3.8) is 0 Å². The second-order valence-electron chi connectivity index (χ2n) is 4.92. The second kappa shape index (κ2) is 7.36. The third kappa shape index (κ3) is 4.73. The number of nitrogens with one attached hydrogen (secondary N) is 1. The Bertz CT molecular complexity index is 391. The molecular weight excluding hydrogens is 242 g/mol. The van der Waals surface area contributed by atoms with E-state index in [1.54, 1.807) is 7.11 Å². The molecule has 0 radical (unpaired) electrons. The van der Waals surface area contributed by atoms with E-state index in [0.717, 1.165) is 30.9 Å². The Hall–Kier alpha value is -1.26. The van der Waals surface area contributed by atoms with Crippen LogP contribution < -0.4 is 14.8 Å². The van der Waals surface area contributed by atoms with Crippen molar-refractivity contribution in [2.24, 2.45) is 0 Å². The molecule has 1 aliphatic carbocycles. The van der Waals surface area contributed by atoms with Gasteiger partial charge in [0.2, 0.25) is 0 Å². The van der Waals surface area contributed by atoms with Crippen LogP contribution in [0.15, 0.2) is 18.2 Å². The molecule has 2 N–H and O–H groups in total. The van der Waals surface area contributed by atoms with Gasteiger partial charge in [0.25, 0.3) is 0 Å². The Kier molecular flexibility index (Phi) is 5.48. The van der Waals surface area contributed by atoms with Crippen molar-refractivity contribution in [1.82, 2.24) is 5.32 Å². The average Bonchev–Trinajstić information content (AvgIpc) is 3.26. The van der Waals surface area contributed by atoms with Crippen LogP contribution in [-0.4, -0.2) is 31.5 Å². The highest BCUT2D eigenvalue weighted by Crippen LogP contribution is 2.28. The van der Waals surface area contributed by atoms with Gasteiger partial charge in [0.1, 0.15) is 0 Å².